The Morgan fingerprint density at radius 3 is 2.56 bits per heavy atom. The van der Waals surface area contributed by atoms with Crippen LogP contribution in [0.2, 0.25) is 0 Å². The summed E-state index contributed by atoms with van der Waals surface area (Å²) in [5.74, 6) is -1.94. The van der Waals surface area contributed by atoms with Gasteiger partial charge in [0.15, 0.2) is 11.6 Å². The highest BCUT2D eigenvalue weighted by molar-refractivity contribution is 5.91. The van der Waals surface area contributed by atoms with Gasteiger partial charge in [-0.05, 0) is 36.8 Å². The van der Waals surface area contributed by atoms with Gasteiger partial charge in [-0.25, -0.2) is 18.3 Å². The zero-order valence-electron chi connectivity index (χ0n) is 23.4. The van der Waals surface area contributed by atoms with Crippen LogP contribution in [0.5, 0.6) is 0 Å². The molecule has 3 heterocycles. The van der Waals surface area contributed by atoms with Gasteiger partial charge in [0, 0.05) is 50.0 Å². The number of rotatable bonds is 9. The zero-order valence-corrected chi connectivity index (χ0v) is 23.4. The van der Waals surface area contributed by atoms with Gasteiger partial charge in [-0.1, -0.05) is 24.3 Å². The van der Waals surface area contributed by atoms with Gasteiger partial charge in [0.05, 0.1) is 24.5 Å². The van der Waals surface area contributed by atoms with E-state index in [4.69, 9.17) is 4.74 Å². The molecule has 4 aromatic rings. The fraction of sp³-hybridized carbons (Fsp3) is 0.345. The van der Waals surface area contributed by atoms with Crippen molar-refractivity contribution in [3.05, 3.63) is 83.7 Å². The van der Waals surface area contributed by atoms with Crippen LogP contribution in [0, 0.1) is 18.6 Å². The smallest absolute Gasteiger partial charge is 0.383 e. The summed E-state index contributed by atoms with van der Waals surface area (Å²) in [5.41, 5.74) is 2.37. The van der Waals surface area contributed by atoms with Crippen LogP contribution in [0.3, 0.4) is 0 Å². The Kier molecular flexibility index (Phi) is 8.78. The molecule has 0 saturated carbocycles. The Labute approximate surface area is 244 Å². The normalized spacial score (nSPS) is 17.4. The highest BCUT2D eigenvalue weighted by Gasteiger charge is 2.35. The summed E-state index contributed by atoms with van der Waals surface area (Å²) >= 11 is 0. The summed E-state index contributed by atoms with van der Waals surface area (Å²) in [6.07, 6.45) is -1.90. The van der Waals surface area contributed by atoms with Crippen molar-refractivity contribution in [2.24, 2.45) is 0 Å². The highest BCUT2D eigenvalue weighted by atomic mass is 19.4. The number of likely N-dealkylation sites (tertiary alicyclic amines) is 1. The molecule has 9 nitrogen and oxygen atoms in total. The lowest BCUT2D eigenvalue weighted by Gasteiger charge is -2.21. The average molecular weight is 604 g/mol. The highest BCUT2D eigenvalue weighted by Crippen LogP contribution is 2.32. The van der Waals surface area contributed by atoms with Gasteiger partial charge in [-0.15, -0.1) is 0 Å². The summed E-state index contributed by atoms with van der Waals surface area (Å²) < 4.78 is 74.0. The Hall–Kier alpha value is -4.30. The monoisotopic (exact) mass is 603 g/mol. The Morgan fingerprint density at radius 2 is 1.86 bits per heavy atom. The van der Waals surface area contributed by atoms with Gasteiger partial charge in [-0.2, -0.15) is 23.4 Å². The van der Waals surface area contributed by atoms with Crippen LogP contribution < -0.4 is 10.6 Å². The number of para-hydroxylation sites is 1. The van der Waals surface area contributed by atoms with Gasteiger partial charge in [0.2, 0.25) is 0 Å². The molecule has 2 N–H and O–H groups in total. The number of hydrogen-bond acceptors (Lipinski definition) is 5. The number of ether oxygens (including phenoxy) is 1. The number of alkyl halides is 3. The van der Waals surface area contributed by atoms with Crippen molar-refractivity contribution in [1.82, 2.24) is 29.8 Å². The molecule has 14 heteroatoms. The second-order valence-corrected chi connectivity index (χ2v) is 10.3. The summed E-state index contributed by atoms with van der Waals surface area (Å²) in [6.45, 7) is 2.43. The molecule has 1 fully saturated rings. The van der Waals surface area contributed by atoms with Crippen LogP contribution in [0.4, 0.5) is 32.6 Å². The molecule has 0 spiro atoms. The number of halogens is 5. The summed E-state index contributed by atoms with van der Waals surface area (Å²) in [5, 5.41) is 14.3. The fourth-order valence-electron chi connectivity index (χ4n) is 5.26. The first-order valence-corrected chi connectivity index (χ1v) is 13.5. The van der Waals surface area contributed by atoms with E-state index in [-0.39, 0.29) is 5.92 Å². The Balaban J connectivity index is 1.42. The van der Waals surface area contributed by atoms with Crippen molar-refractivity contribution in [3.8, 4) is 16.9 Å². The third kappa shape index (κ3) is 7.03. The Morgan fingerprint density at radius 1 is 1.09 bits per heavy atom. The number of nitrogens with zero attached hydrogens (tertiary/aromatic N) is 5. The molecule has 43 heavy (non-hydrogen) atoms. The zero-order chi connectivity index (χ0) is 30.7. The third-order valence-electron chi connectivity index (χ3n) is 7.30. The van der Waals surface area contributed by atoms with Crippen LogP contribution in [0.1, 0.15) is 17.0 Å². The molecule has 2 amide bonds. The topological polar surface area (TPSA) is 89.2 Å². The summed E-state index contributed by atoms with van der Waals surface area (Å²) in [7, 11) is 1.58. The van der Waals surface area contributed by atoms with Gasteiger partial charge >= 0.3 is 12.2 Å². The number of carbonyl (C=O) groups is 1. The standard InChI is InChI=1S/C29H30F5N7O2/c1-18-26(20-13-35-40(14-20)17-29(32,33)34)38-41(21-6-4-3-5-7-21)27(18)37-28(42)36-25-16-39(10-11-43-2)15-22(25)19-8-9-23(30)24(31)12-19/h3-9,12-14,22,25H,10-11,15-17H2,1-2H3,(H2,36,37,42)/t22-,25+/m0/s1. The van der Waals surface area contributed by atoms with Crippen LogP contribution in [0.15, 0.2) is 60.9 Å². The van der Waals surface area contributed by atoms with E-state index in [1.807, 2.05) is 6.07 Å². The van der Waals surface area contributed by atoms with Gasteiger partial charge in [-0.3, -0.25) is 14.9 Å². The number of anilines is 1. The minimum absolute atomic E-state index is 0.306. The lowest BCUT2D eigenvalue weighted by atomic mass is 9.94. The number of aromatic nitrogens is 4. The van der Waals surface area contributed by atoms with Gasteiger partial charge in [0.1, 0.15) is 18.1 Å². The molecule has 0 bridgehead atoms. The maximum absolute atomic E-state index is 14.1. The molecule has 0 radical (unpaired) electrons. The van der Waals surface area contributed by atoms with E-state index in [1.54, 1.807) is 38.3 Å². The molecule has 2 aromatic carbocycles. The van der Waals surface area contributed by atoms with Crippen LogP contribution in [-0.4, -0.2) is 76.1 Å². The molecule has 1 aliphatic rings. The predicted octanol–water partition coefficient (Wildman–Crippen LogP) is 5.12. The van der Waals surface area contributed by atoms with E-state index in [0.29, 0.717) is 60.1 Å². The minimum atomic E-state index is -4.44. The van der Waals surface area contributed by atoms with Crippen molar-refractivity contribution in [2.45, 2.75) is 31.6 Å². The number of benzene rings is 2. The van der Waals surface area contributed by atoms with E-state index >= 15 is 0 Å². The van der Waals surface area contributed by atoms with Crippen LogP contribution in [0.25, 0.3) is 16.9 Å². The number of nitrogens with one attached hydrogen (secondary N) is 2. The third-order valence-corrected chi connectivity index (χ3v) is 7.30. The average Bonchev–Trinajstić information content (AvgIpc) is 3.66. The SMILES string of the molecule is COCCN1C[C@@H](NC(=O)Nc2c(C)c(-c3cnn(CC(F)(F)F)c3)nn2-c2ccccc2)[C@H](c2ccc(F)c(F)c2)C1. The van der Waals surface area contributed by atoms with Gasteiger partial charge in [0.25, 0.3) is 0 Å². The molecule has 1 saturated heterocycles. The molecular weight excluding hydrogens is 573 g/mol. The van der Waals surface area contributed by atoms with E-state index in [0.717, 1.165) is 16.8 Å². The van der Waals surface area contributed by atoms with Crippen molar-refractivity contribution < 1.29 is 31.5 Å². The molecule has 0 unspecified atom stereocenters. The number of urea groups is 1. The van der Waals surface area contributed by atoms with E-state index in [9.17, 15) is 26.7 Å². The first kappa shape index (κ1) is 30.2. The number of amides is 2. The molecule has 0 aliphatic carbocycles. The second-order valence-electron chi connectivity index (χ2n) is 10.3. The quantitative estimate of drug-likeness (QED) is 0.260. The van der Waals surface area contributed by atoms with Crippen molar-refractivity contribution >= 4 is 11.8 Å². The van der Waals surface area contributed by atoms with Crippen molar-refractivity contribution in [3.63, 3.8) is 0 Å². The molecule has 2 atom stereocenters. The fourth-order valence-corrected chi connectivity index (χ4v) is 5.26. The molecule has 228 valence electrons. The molecule has 2 aromatic heterocycles. The van der Waals surface area contributed by atoms with E-state index in [2.05, 4.69) is 25.7 Å². The summed E-state index contributed by atoms with van der Waals surface area (Å²) in [6, 6.07) is 11.7. The van der Waals surface area contributed by atoms with E-state index < -0.39 is 36.4 Å². The van der Waals surface area contributed by atoms with Crippen molar-refractivity contribution in [1.29, 1.82) is 0 Å². The Bertz CT molecular complexity index is 1570. The first-order valence-electron chi connectivity index (χ1n) is 13.5. The lowest BCUT2D eigenvalue weighted by Crippen LogP contribution is -2.42. The largest absolute Gasteiger partial charge is 0.408 e. The maximum atomic E-state index is 14.1. The predicted molar refractivity (Wildman–Crippen MR) is 149 cm³/mol. The lowest BCUT2D eigenvalue weighted by molar-refractivity contribution is -0.142. The molecular formula is C29H30F5N7O2. The first-order chi connectivity index (χ1) is 20.5. The maximum Gasteiger partial charge on any atom is 0.408 e. The van der Waals surface area contributed by atoms with Gasteiger partial charge < -0.3 is 10.1 Å². The number of carbonyl (C=O) groups excluding carboxylic acids is 1. The van der Waals surface area contributed by atoms with Crippen LogP contribution in [-0.2, 0) is 11.3 Å². The molecule has 5 rings (SSSR count). The second kappa shape index (κ2) is 12.5. The molecule has 1 aliphatic heterocycles. The van der Waals surface area contributed by atoms with Crippen molar-refractivity contribution in [2.75, 3.05) is 38.7 Å². The number of hydrogen-bond donors (Lipinski definition) is 2. The summed E-state index contributed by atoms with van der Waals surface area (Å²) in [4.78, 5) is 15.5. The minimum Gasteiger partial charge on any atom is -0.383 e. The van der Waals surface area contributed by atoms with E-state index in [1.165, 1.54) is 23.1 Å². The number of methoxy groups -OCH3 is 1. The van der Waals surface area contributed by atoms with Crippen LogP contribution >= 0.6 is 0 Å².